The normalized spacial score (nSPS) is 26.3. The fourth-order valence-corrected chi connectivity index (χ4v) is 7.14. The summed E-state index contributed by atoms with van der Waals surface area (Å²) in [6.07, 6.45) is 3.36. The van der Waals surface area contributed by atoms with Crippen LogP contribution in [-0.4, -0.2) is 51.7 Å². The molecule has 0 spiro atoms. The number of esters is 1. The molecule has 3 fully saturated rings. The Morgan fingerprint density at radius 1 is 1.08 bits per heavy atom. The molecule has 4 heterocycles. The predicted octanol–water partition coefficient (Wildman–Crippen LogP) is 4.85. The number of benzene rings is 2. The smallest absolute Gasteiger partial charge is 0.426 e. The highest BCUT2D eigenvalue weighted by Gasteiger charge is 2.50. The first-order valence-electron chi connectivity index (χ1n) is 12.9. The van der Waals surface area contributed by atoms with Crippen LogP contribution in [0.15, 0.2) is 48.5 Å². The van der Waals surface area contributed by atoms with E-state index in [0.29, 0.717) is 34.5 Å². The Hall–Kier alpha value is -3.45. The quantitative estimate of drug-likeness (QED) is 0.419. The van der Waals surface area contributed by atoms with Gasteiger partial charge in [0.05, 0.1) is 17.5 Å². The molecule has 3 aromatic rings. The van der Waals surface area contributed by atoms with E-state index in [1.165, 1.54) is 6.42 Å². The number of aliphatic carboxylic acids is 1. The van der Waals surface area contributed by atoms with Gasteiger partial charge in [-0.2, -0.15) is 0 Å². The lowest BCUT2D eigenvalue weighted by molar-refractivity contribution is -0.136. The van der Waals surface area contributed by atoms with Crippen molar-refractivity contribution in [2.75, 3.05) is 13.1 Å². The van der Waals surface area contributed by atoms with Crippen molar-refractivity contribution < 1.29 is 24.2 Å². The van der Waals surface area contributed by atoms with Crippen molar-refractivity contribution in [1.82, 2.24) is 9.47 Å². The topological polar surface area (TPSA) is 88.8 Å². The summed E-state index contributed by atoms with van der Waals surface area (Å²) in [4.78, 5) is 40.5. The number of aromatic nitrogens is 1. The molecular formula is C29H30N2O5. The van der Waals surface area contributed by atoms with Gasteiger partial charge in [0, 0.05) is 36.1 Å². The third-order valence-electron chi connectivity index (χ3n) is 8.46. The van der Waals surface area contributed by atoms with Crippen molar-refractivity contribution in [2.24, 2.45) is 11.8 Å². The van der Waals surface area contributed by atoms with Crippen LogP contribution in [0.3, 0.4) is 0 Å². The van der Waals surface area contributed by atoms with E-state index in [-0.39, 0.29) is 12.3 Å². The zero-order chi connectivity index (χ0) is 25.0. The first kappa shape index (κ1) is 23.0. The van der Waals surface area contributed by atoms with Gasteiger partial charge in [-0.25, -0.2) is 14.2 Å². The van der Waals surface area contributed by atoms with Gasteiger partial charge >= 0.3 is 18.0 Å². The molecule has 36 heavy (non-hydrogen) atoms. The first-order valence-corrected chi connectivity index (χ1v) is 12.9. The van der Waals surface area contributed by atoms with E-state index >= 15 is 0 Å². The second-order valence-electron chi connectivity index (χ2n) is 10.5. The molecule has 186 valence electrons. The van der Waals surface area contributed by atoms with Crippen LogP contribution in [0.25, 0.3) is 10.9 Å². The number of carboxylic acids is 1. The van der Waals surface area contributed by atoms with E-state index in [9.17, 15) is 19.5 Å². The molecule has 4 aliphatic rings. The van der Waals surface area contributed by atoms with Crippen LogP contribution in [0, 0.1) is 11.8 Å². The Morgan fingerprint density at radius 3 is 2.64 bits per heavy atom. The summed E-state index contributed by atoms with van der Waals surface area (Å²) in [6.45, 7) is 4.27. The van der Waals surface area contributed by atoms with Gasteiger partial charge in [0.2, 0.25) is 0 Å². The molecule has 5 atom stereocenters. The van der Waals surface area contributed by atoms with Crippen LogP contribution in [-0.2, 0) is 22.4 Å². The van der Waals surface area contributed by atoms with E-state index < -0.39 is 18.0 Å². The molecule has 0 amide bonds. The molecule has 1 aliphatic carbocycles. The third-order valence-corrected chi connectivity index (χ3v) is 8.46. The lowest BCUT2D eigenvalue weighted by Gasteiger charge is -2.53. The molecule has 2 aromatic carbocycles. The summed E-state index contributed by atoms with van der Waals surface area (Å²) < 4.78 is 7.06. The first-order chi connectivity index (χ1) is 17.4. The van der Waals surface area contributed by atoms with E-state index in [0.717, 1.165) is 49.0 Å². The molecule has 4 unspecified atom stereocenters. The van der Waals surface area contributed by atoms with Gasteiger partial charge in [0.1, 0.15) is 0 Å². The average Bonchev–Trinajstić information content (AvgIpc) is 3.15. The molecule has 1 N–H and O–H groups in total. The van der Waals surface area contributed by atoms with E-state index in [1.807, 2.05) is 12.1 Å². The number of nitrogens with zero attached hydrogens (tertiary/aromatic N) is 2. The molecule has 2 saturated heterocycles. The van der Waals surface area contributed by atoms with Gasteiger partial charge in [-0.1, -0.05) is 37.6 Å². The fourth-order valence-electron chi connectivity index (χ4n) is 7.14. The standard InChI is InChI=1S/C29H30N2O5/c1-2-19-12-18-14-23-26(19)30(16-18)11-10-21-22-13-17(15-25(32)33)8-9-24(22)31(27(21)23)29(35)36-28(34)20-6-4-3-5-7-20/h3-9,13,18-19,23,26H,2,10-12,14-16H2,1H3,(H,32,33)/t18?,19?,23-,26?/m1/s1. The second kappa shape index (κ2) is 8.89. The molecule has 0 radical (unpaired) electrons. The van der Waals surface area contributed by atoms with E-state index in [4.69, 9.17) is 4.74 Å². The highest BCUT2D eigenvalue weighted by atomic mass is 16.6. The van der Waals surface area contributed by atoms with Crippen molar-refractivity contribution in [3.05, 3.63) is 70.9 Å². The Morgan fingerprint density at radius 2 is 1.89 bits per heavy atom. The van der Waals surface area contributed by atoms with Crippen LogP contribution in [0.1, 0.15) is 59.3 Å². The highest BCUT2D eigenvalue weighted by Crippen LogP contribution is 2.52. The number of hydrogen-bond acceptors (Lipinski definition) is 5. The molecule has 1 aromatic heterocycles. The molecule has 4 bridgehead atoms. The summed E-state index contributed by atoms with van der Waals surface area (Å²) in [5.74, 6) is -0.227. The number of carbonyl (C=O) groups is 3. The number of piperidine rings is 2. The SMILES string of the molecule is CCC1CC2C[C@H]3c4c(c5cc(CC(=O)O)ccc5n4C(=O)OC(=O)c4ccccc4)CCN(C2)C13. The van der Waals surface area contributed by atoms with Crippen LogP contribution in [0.5, 0.6) is 0 Å². The van der Waals surface area contributed by atoms with Crippen molar-refractivity contribution in [3.8, 4) is 0 Å². The Labute approximate surface area is 209 Å². The van der Waals surface area contributed by atoms with Gasteiger partial charge in [-0.15, -0.1) is 0 Å². The van der Waals surface area contributed by atoms with Gasteiger partial charge in [0.25, 0.3) is 0 Å². The largest absolute Gasteiger partial charge is 0.481 e. The minimum atomic E-state index is -0.891. The number of carboxylic acid groups (broad SMARTS) is 1. The number of fused-ring (bicyclic) bond motifs is 4. The van der Waals surface area contributed by atoms with Gasteiger partial charge < -0.3 is 9.84 Å². The number of hydrogen-bond donors (Lipinski definition) is 1. The number of carbonyl (C=O) groups excluding carboxylic acids is 2. The highest BCUT2D eigenvalue weighted by molar-refractivity contribution is 6.01. The molecular weight excluding hydrogens is 456 g/mol. The molecule has 1 saturated carbocycles. The maximum atomic E-state index is 13.7. The second-order valence-corrected chi connectivity index (χ2v) is 10.5. The van der Waals surface area contributed by atoms with Crippen LogP contribution >= 0.6 is 0 Å². The minimum absolute atomic E-state index is 0.0784. The zero-order valence-corrected chi connectivity index (χ0v) is 20.4. The summed E-state index contributed by atoms with van der Waals surface area (Å²) in [5.41, 5.74) is 3.76. The van der Waals surface area contributed by atoms with Crippen LogP contribution < -0.4 is 0 Å². The van der Waals surface area contributed by atoms with Crippen LogP contribution in [0.2, 0.25) is 0 Å². The maximum Gasteiger partial charge on any atom is 0.426 e. The van der Waals surface area contributed by atoms with E-state index in [2.05, 4.69) is 11.8 Å². The lowest BCUT2D eigenvalue weighted by atomic mass is 9.65. The van der Waals surface area contributed by atoms with Crippen LogP contribution in [0.4, 0.5) is 4.79 Å². The van der Waals surface area contributed by atoms with E-state index in [1.54, 1.807) is 41.0 Å². The Bertz CT molecular complexity index is 1360. The van der Waals surface area contributed by atoms with Gasteiger partial charge in [0.15, 0.2) is 0 Å². The van der Waals surface area contributed by atoms with Crippen molar-refractivity contribution >= 4 is 28.9 Å². The predicted molar refractivity (Wildman–Crippen MR) is 134 cm³/mol. The lowest BCUT2D eigenvalue weighted by Crippen LogP contribution is -2.56. The molecule has 7 heteroatoms. The average molecular weight is 487 g/mol. The number of rotatable bonds is 4. The Balaban J connectivity index is 1.49. The Kier molecular flexibility index (Phi) is 5.67. The fraction of sp³-hybridized carbons (Fsp3) is 0.414. The minimum Gasteiger partial charge on any atom is -0.481 e. The molecule has 7 rings (SSSR count). The summed E-state index contributed by atoms with van der Waals surface area (Å²) in [6, 6.07) is 14.4. The van der Waals surface area contributed by atoms with Crippen molar-refractivity contribution in [1.29, 1.82) is 0 Å². The zero-order valence-electron chi connectivity index (χ0n) is 20.4. The summed E-state index contributed by atoms with van der Waals surface area (Å²) in [5, 5.41) is 10.2. The maximum absolute atomic E-state index is 13.7. The molecule has 3 aliphatic heterocycles. The van der Waals surface area contributed by atoms with Gasteiger partial charge in [-0.05, 0) is 66.5 Å². The van der Waals surface area contributed by atoms with Crippen molar-refractivity contribution in [2.45, 2.75) is 51.0 Å². The molecule has 7 nitrogen and oxygen atoms in total. The third kappa shape index (κ3) is 3.73. The summed E-state index contributed by atoms with van der Waals surface area (Å²) >= 11 is 0. The van der Waals surface area contributed by atoms with Gasteiger partial charge in [-0.3, -0.25) is 9.69 Å². The number of ether oxygens (including phenoxy) is 1. The monoisotopic (exact) mass is 486 g/mol. The van der Waals surface area contributed by atoms with Crippen molar-refractivity contribution in [3.63, 3.8) is 0 Å². The summed E-state index contributed by atoms with van der Waals surface area (Å²) in [7, 11) is 0.